The van der Waals surface area contributed by atoms with Crippen LogP contribution in [0.5, 0.6) is 0 Å². The van der Waals surface area contributed by atoms with Gasteiger partial charge in [0, 0.05) is 12.1 Å². The minimum absolute atomic E-state index is 0.00957. The number of nitrogens with two attached hydrogens (primary N) is 1. The number of benzene rings is 1. The van der Waals surface area contributed by atoms with E-state index in [2.05, 4.69) is 10.3 Å². The molecule has 1 amide bonds. The van der Waals surface area contributed by atoms with E-state index in [9.17, 15) is 4.79 Å². The van der Waals surface area contributed by atoms with Gasteiger partial charge in [-0.25, -0.2) is 4.98 Å². The molecular formula is C14H17N3OS. The van der Waals surface area contributed by atoms with E-state index in [-0.39, 0.29) is 5.91 Å². The van der Waals surface area contributed by atoms with Gasteiger partial charge in [0.1, 0.15) is 0 Å². The number of thiazole rings is 1. The molecule has 0 radical (unpaired) electrons. The maximum absolute atomic E-state index is 12.0. The zero-order valence-corrected chi connectivity index (χ0v) is 11.5. The van der Waals surface area contributed by atoms with E-state index >= 15 is 0 Å². The van der Waals surface area contributed by atoms with E-state index in [4.69, 9.17) is 5.73 Å². The Morgan fingerprint density at radius 2 is 2.32 bits per heavy atom. The second-order valence-electron chi connectivity index (χ2n) is 5.08. The summed E-state index contributed by atoms with van der Waals surface area (Å²) in [4.78, 5) is 16.2. The van der Waals surface area contributed by atoms with E-state index in [0.717, 1.165) is 29.1 Å². The van der Waals surface area contributed by atoms with E-state index in [1.165, 1.54) is 30.6 Å². The molecule has 1 saturated carbocycles. The number of carbonyl (C=O) groups is 1. The number of nitrogens with one attached hydrogen (secondary N) is 1. The van der Waals surface area contributed by atoms with Crippen LogP contribution in [0.3, 0.4) is 0 Å². The van der Waals surface area contributed by atoms with E-state index in [0.29, 0.717) is 10.7 Å². The van der Waals surface area contributed by atoms with Crippen molar-refractivity contribution in [3.8, 4) is 0 Å². The third kappa shape index (κ3) is 3.04. The smallest absolute Gasteiger partial charge is 0.251 e. The summed E-state index contributed by atoms with van der Waals surface area (Å²) in [6.45, 7) is 0.762. The van der Waals surface area contributed by atoms with Crippen molar-refractivity contribution in [1.82, 2.24) is 10.3 Å². The molecule has 3 N–H and O–H groups in total. The number of fused-ring (bicyclic) bond motifs is 1. The van der Waals surface area contributed by atoms with Crippen molar-refractivity contribution in [2.45, 2.75) is 25.7 Å². The molecule has 0 atom stereocenters. The molecule has 0 saturated heterocycles. The molecule has 1 aliphatic rings. The monoisotopic (exact) mass is 275 g/mol. The number of aromatic nitrogens is 1. The van der Waals surface area contributed by atoms with Gasteiger partial charge in [0.15, 0.2) is 5.13 Å². The van der Waals surface area contributed by atoms with Crippen molar-refractivity contribution in [1.29, 1.82) is 0 Å². The second-order valence-corrected chi connectivity index (χ2v) is 6.14. The number of rotatable bonds is 5. The Bertz CT molecular complexity index is 604. The maximum Gasteiger partial charge on any atom is 0.251 e. The quantitative estimate of drug-likeness (QED) is 0.824. The summed E-state index contributed by atoms with van der Waals surface area (Å²) in [6, 6.07) is 5.51. The number of hydrogen-bond donors (Lipinski definition) is 2. The van der Waals surface area contributed by atoms with Crippen molar-refractivity contribution >= 4 is 32.6 Å². The normalized spacial score (nSPS) is 14.7. The van der Waals surface area contributed by atoms with Crippen molar-refractivity contribution in [2.24, 2.45) is 5.92 Å². The zero-order valence-electron chi connectivity index (χ0n) is 10.7. The van der Waals surface area contributed by atoms with Crippen LogP contribution in [0, 0.1) is 5.92 Å². The highest BCUT2D eigenvalue weighted by molar-refractivity contribution is 7.22. The summed E-state index contributed by atoms with van der Waals surface area (Å²) in [5.41, 5.74) is 7.19. The summed E-state index contributed by atoms with van der Waals surface area (Å²) < 4.78 is 0.961. The first-order valence-corrected chi connectivity index (χ1v) is 7.48. The fourth-order valence-electron chi connectivity index (χ4n) is 2.18. The van der Waals surface area contributed by atoms with E-state index < -0.39 is 0 Å². The molecule has 2 aromatic rings. The number of amides is 1. The van der Waals surface area contributed by atoms with Crippen molar-refractivity contribution < 1.29 is 4.79 Å². The van der Waals surface area contributed by atoms with Gasteiger partial charge in [-0.1, -0.05) is 24.2 Å². The molecule has 1 aromatic heterocycles. The Kier molecular flexibility index (Phi) is 3.38. The van der Waals surface area contributed by atoms with Crippen LogP contribution in [-0.4, -0.2) is 17.4 Å². The molecule has 0 spiro atoms. The van der Waals surface area contributed by atoms with Crippen LogP contribution in [0.4, 0.5) is 5.13 Å². The summed E-state index contributed by atoms with van der Waals surface area (Å²) in [6.07, 6.45) is 5.06. The molecule has 3 rings (SSSR count). The average molecular weight is 275 g/mol. The van der Waals surface area contributed by atoms with Crippen LogP contribution in [0.1, 0.15) is 36.0 Å². The van der Waals surface area contributed by atoms with Crippen LogP contribution >= 0.6 is 11.3 Å². The topological polar surface area (TPSA) is 68.0 Å². The van der Waals surface area contributed by atoms with Crippen LogP contribution in [0.15, 0.2) is 18.2 Å². The van der Waals surface area contributed by atoms with Crippen molar-refractivity contribution in [3.05, 3.63) is 23.8 Å². The number of nitrogens with zero attached hydrogens (tertiary/aromatic N) is 1. The predicted octanol–water partition coefficient (Wildman–Crippen LogP) is 2.80. The van der Waals surface area contributed by atoms with Gasteiger partial charge in [0.25, 0.3) is 5.91 Å². The molecule has 1 aliphatic carbocycles. The van der Waals surface area contributed by atoms with E-state index in [1.54, 1.807) is 6.07 Å². The number of hydrogen-bond acceptors (Lipinski definition) is 4. The first kappa shape index (κ1) is 12.4. The molecule has 0 unspecified atom stereocenters. The lowest BCUT2D eigenvalue weighted by molar-refractivity contribution is 0.0953. The molecule has 1 aromatic carbocycles. The maximum atomic E-state index is 12.0. The molecule has 100 valence electrons. The van der Waals surface area contributed by atoms with Gasteiger partial charge in [-0.05, 0) is 37.0 Å². The van der Waals surface area contributed by atoms with Crippen molar-refractivity contribution in [2.75, 3.05) is 12.3 Å². The molecule has 4 nitrogen and oxygen atoms in total. The fraction of sp³-hybridized carbons (Fsp3) is 0.429. The lowest BCUT2D eigenvalue weighted by Gasteiger charge is -2.04. The van der Waals surface area contributed by atoms with Gasteiger partial charge in [-0.2, -0.15) is 0 Å². The Balaban J connectivity index is 1.59. The van der Waals surface area contributed by atoms with Crippen LogP contribution in [0.25, 0.3) is 10.2 Å². The minimum Gasteiger partial charge on any atom is -0.375 e. The van der Waals surface area contributed by atoms with Gasteiger partial charge < -0.3 is 11.1 Å². The summed E-state index contributed by atoms with van der Waals surface area (Å²) in [7, 11) is 0. The Hall–Kier alpha value is -1.62. The van der Waals surface area contributed by atoms with Gasteiger partial charge in [-0.3, -0.25) is 4.79 Å². The lowest BCUT2D eigenvalue weighted by Crippen LogP contribution is -2.24. The first-order chi connectivity index (χ1) is 9.22. The van der Waals surface area contributed by atoms with E-state index in [1.807, 2.05) is 12.1 Å². The third-order valence-electron chi connectivity index (χ3n) is 3.44. The molecule has 5 heteroatoms. The van der Waals surface area contributed by atoms with Gasteiger partial charge in [0.2, 0.25) is 0 Å². The zero-order chi connectivity index (χ0) is 13.2. The van der Waals surface area contributed by atoms with Gasteiger partial charge in [-0.15, -0.1) is 0 Å². The molecular weight excluding hydrogens is 258 g/mol. The molecule has 19 heavy (non-hydrogen) atoms. The van der Waals surface area contributed by atoms with Crippen LogP contribution in [-0.2, 0) is 0 Å². The van der Waals surface area contributed by atoms with Crippen LogP contribution in [0.2, 0.25) is 0 Å². The summed E-state index contributed by atoms with van der Waals surface area (Å²) in [5.74, 6) is 0.915. The number of anilines is 1. The fourth-order valence-corrected chi connectivity index (χ4v) is 2.96. The first-order valence-electron chi connectivity index (χ1n) is 6.66. The predicted molar refractivity (Wildman–Crippen MR) is 78.3 cm³/mol. The molecule has 0 aliphatic heterocycles. The lowest BCUT2D eigenvalue weighted by atomic mass is 10.2. The molecule has 1 fully saturated rings. The highest BCUT2D eigenvalue weighted by Gasteiger charge is 2.20. The Morgan fingerprint density at radius 1 is 1.47 bits per heavy atom. The number of nitrogen functional groups attached to an aromatic ring is 1. The SMILES string of the molecule is Nc1nc2ccc(C(=O)NCCCC3CC3)cc2s1. The molecule has 0 bridgehead atoms. The highest BCUT2D eigenvalue weighted by Crippen LogP contribution is 2.33. The van der Waals surface area contributed by atoms with Gasteiger partial charge in [0.05, 0.1) is 10.2 Å². The highest BCUT2D eigenvalue weighted by atomic mass is 32.1. The van der Waals surface area contributed by atoms with Gasteiger partial charge >= 0.3 is 0 Å². The number of carbonyl (C=O) groups excluding carboxylic acids is 1. The average Bonchev–Trinajstić information content (AvgIpc) is 3.13. The minimum atomic E-state index is -0.00957. The molecule has 1 heterocycles. The largest absolute Gasteiger partial charge is 0.375 e. The standard InChI is InChI=1S/C14H17N3OS/c15-14-17-11-6-5-10(8-12(11)19-14)13(18)16-7-1-2-9-3-4-9/h5-6,8-9H,1-4,7H2,(H2,15,17)(H,16,18). The summed E-state index contributed by atoms with van der Waals surface area (Å²) in [5, 5.41) is 3.51. The van der Waals surface area contributed by atoms with Crippen LogP contribution < -0.4 is 11.1 Å². The summed E-state index contributed by atoms with van der Waals surface area (Å²) >= 11 is 1.41. The van der Waals surface area contributed by atoms with Crippen molar-refractivity contribution in [3.63, 3.8) is 0 Å². The third-order valence-corrected chi connectivity index (χ3v) is 4.29. The second kappa shape index (κ2) is 5.17. The Labute approximate surface area is 116 Å². The Morgan fingerprint density at radius 3 is 3.11 bits per heavy atom.